The van der Waals surface area contributed by atoms with E-state index in [-0.39, 0.29) is 12.5 Å². The smallest absolute Gasteiger partial charge is 0.263 e. The van der Waals surface area contributed by atoms with Crippen LogP contribution in [0.4, 0.5) is 11.4 Å². The minimum absolute atomic E-state index is 0.193. The monoisotopic (exact) mass is 397 g/mol. The maximum atomic E-state index is 12.9. The molecule has 2 aliphatic rings. The Morgan fingerprint density at radius 3 is 2.68 bits per heavy atom. The van der Waals surface area contributed by atoms with Gasteiger partial charge in [0.1, 0.15) is 6.54 Å². The van der Waals surface area contributed by atoms with Gasteiger partial charge in [0.05, 0.1) is 5.69 Å². The number of nitrogens with one attached hydrogen (secondary N) is 1. The highest BCUT2D eigenvalue weighted by molar-refractivity contribution is 6.31. The summed E-state index contributed by atoms with van der Waals surface area (Å²) in [5.41, 5.74) is 2.02. The fraction of sp³-hybridized carbons (Fsp3) is 0.211. The van der Waals surface area contributed by atoms with E-state index < -0.39 is 23.9 Å². The average Bonchev–Trinajstić information content (AvgIpc) is 3.15. The number of anilines is 2. The maximum absolute atomic E-state index is 12.9. The summed E-state index contributed by atoms with van der Waals surface area (Å²) < 4.78 is 0. The van der Waals surface area contributed by atoms with Crippen molar-refractivity contribution in [1.29, 1.82) is 0 Å². The Labute approximate surface area is 165 Å². The van der Waals surface area contributed by atoms with E-state index in [0.717, 1.165) is 10.5 Å². The van der Waals surface area contributed by atoms with Gasteiger partial charge >= 0.3 is 0 Å². The second-order valence-corrected chi connectivity index (χ2v) is 7.04. The average molecular weight is 398 g/mol. The summed E-state index contributed by atoms with van der Waals surface area (Å²) in [5, 5.41) is 12.2. The molecule has 8 nitrogen and oxygen atoms in total. The van der Waals surface area contributed by atoms with Crippen LogP contribution in [0.1, 0.15) is 5.56 Å². The van der Waals surface area contributed by atoms with Gasteiger partial charge in [-0.3, -0.25) is 19.4 Å². The van der Waals surface area contributed by atoms with Crippen molar-refractivity contribution in [2.45, 2.75) is 19.0 Å². The summed E-state index contributed by atoms with van der Waals surface area (Å²) in [5.74, 6) is -1.32. The third-order valence-corrected chi connectivity index (χ3v) is 4.77. The van der Waals surface area contributed by atoms with Gasteiger partial charge in [0.2, 0.25) is 5.91 Å². The van der Waals surface area contributed by atoms with Crippen molar-refractivity contribution >= 4 is 40.7 Å². The van der Waals surface area contributed by atoms with Crippen LogP contribution in [0.25, 0.3) is 0 Å². The first-order valence-electron chi connectivity index (χ1n) is 8.61. The predicted molar refractivity (Wildman–Crippen MR) is 103 cm³/mol. The highest BCUT2D eigenvalue weighted by Gasteiger charge is 2.55. The Hall–Kier alpha value is -3.26. The summed E-state index contributed by atoms with van der Waals surface area (Å²) in [6, 6.07) is 11.9. The lowest BCUT2D eigenvalue weighted by Crippen LogP contribution is -2.43. The highest BCUT2D eigenvalue weighted by Crippen LogP contribution is 2.32. The molecule has 9 heteroatoms. The van der Waals surface area contributed by atoms with Crippen LogP contribution in [0.5, 0.6) is 0 Å². The lowest BCUT2D eigenvalue weighted by Gasteiger charge is -2.20. The highest BCUT2D eigenvalue weighted by atomic mass is 35.5. The van der Waals surface area contributed by atoms with Gasteiger partial charge in [-0.2, -0.15) is 5.11 Å². The summed E-state index contributed by atoms with van der Waals surface area (Å²) >= 11 is 5.97. The Morgan fingerprint density at radius 1 is 1.14 bits per heavy atom. The first-order valence-corrected chi connectivity index (χ1v) is 8.99. The molecule has 4 rings (SSSR count). The maximum Gasteiger partial charge on any atom is 0.263 e. The first-order chi connectivity index (χ1) is 13.4. The molecule has 0 radical (unpaired) electrons. The molecule has 0 aliphatic carbocycles. The van der Waals surface area contributed by atoms with Gasteiger partial charge in [-0.05, 0) is 42.8 Å². The molecule has 1 fully saturated rings. The molecule has 0 aromatic heterocycles. The van der Waals surface area contributed by atoms with Crippen LogP contribution in [-0.4, -0.2) is 41.4 Å². The van der Waals surface area contributed by atoms with Gasteiger partial charge in [0.25, 0.3) is 11.8 Å². The summed E-state index contributed by atoms with van der Waals surface area (Å²) in [4.78, 5) is 38.9. The standard InChI is InChI=1S/C19H16ClN5O3/c1-11-4-2-6-13(8-11)21-15(26)10-24-17-16(22-23-24)18(27)25(19(17)28)14-7-3-5-12(20)9-14/h2-9,16-17H,10H2,1H3,(H,21,26)/t16-,17-/m0/s1. The van der Waals surface area contributed by atoms with Gasteiger partial charge in [0, 0.05) is 10.7 Å². The van der Waals surface area contributed by atoms with E-state index in [2.05, 4.69) is 15.7 Å². The molecule has 142 valence electrons. The molecule has 1 saturated heterocycles. The zero-order valence-corrected chi connectivity index (χ0v) is 15.6. The van der Waals surface area contributed by atoms with Crippen molar-refractivity contribution in [3.8, 4) is 0 Å². The Morgan fingerprint density at radius 2 is 1.93 bits per heavy atom. The topological polar surface area (TPSA) is 94.4 Å². The molecule has 28 heavy (non-hydrogen) atoms. The van der Waals surface area contributed by atoms with E-state index >= 15 is 0 Å². The zero-order valence-electron chi connectivity index (χ0n) is 14.9. The Balaban J connectivity index is 1.49. The minimum atomic E-state index is -0.960. The van der Waals surface area contributed by atoms with Crippen LogP contribution in [0.3, 0.4) is 0 Å². The van der Waals surface area contributed by atoms with Gasteiger partial charge in [0.15, 0.2) is 12.1 Å². The second kappa shape index (κ2) is 7.05. The quantitative estimate of drug-likeness (QED) is 0.802. The van der Waals surface area contributed by atoms with Crippen LogP contribution in [0.15, 0.2) is 58.9 Å². The summed E-state index contributed by atoms with van der Waals surface area (Å²) in [6.07, 6.45) is 0. The number of hydrogen-bond donors (Lipinski definition) is 1. The lowest BCUT2D eigenvalue weighted by atomic mass is 10.1. The largest absolute Gasteiger partial charge is 0.324 e. The Bertz CT molecular complexity index is 1010. The minimum Gasteiger partial charge on any atom is -0.324 e. The first kappa shape index (κ1) is 18.1. The molecular formula is C19H16ClN5O3. The molecule has 0 spiro atoms. The van der Waals surface area contributed by atoms with Crippen molar-refractivity contribution in [2.75, 3.05) is 16.8 Å². The molecular weight excluding hydrogens is 382 g/mol. The number of carbonyl (C=O) groups excluding carboxylic acids is 3. The SMILES string of the molecule is Cc1cccc(NC(=O)CN2N=N[C@@H]3C(=O)N(c4cccc(Cl)c4)C(=O)[C@H]32)c1. The van der Waals surface area contributed by atoms with E-state index in [1.54, 1.807) is 24.3 Å². The van der Waals surface area contributed by atoms with E-state index in [0.29, 0.717) is 16.4 Å². The van der Waals surface area contributed by atoms with Gasteiger partial charge in [-0.25, -0.2) is 4.90 Å². The lowest BCUT2D eigenvalue weighted by molar-refractivity contribution is -0.123. The van der Waals surface area contributed by atoms with Crippen molar-refractivity contribution in [1.82, 2.24) is 5.01 Å². The van der Waals surface area contributed by atoms with E-state index in [4.69, 9.17) is 11.6 Å². The van der Waals surface area contributed by atoms with Crippen molar-refractivity contribution < 1.29 is 14.4 Å². The Kier molecular flexibility index (Phi) is 4.56. The van der Waals surface area contributed by atoms with Crippen LogP contribution >= 0.6 is 11.6 Å². The van der Waals surface area contributed by atoms with Gasteiger partial charge in [-0.15, -0.1) is 0 Å². The van der Waals surface area contributed by atoms with Crippen LogP contribution in [-0.2, 0) is 14.4 Å². The predicted octanol–water partition coefficient (Wildman–Crippen LogP) is 2.58. The number of rotatable bonds is 4. The van der Waals surface area contributed by atoms with Crippen molar-refractivity contribution in [2.24, 2.45) is 10.3 Å². The summed E-state index contributed by atoms with van der Waals surface area (Å²) in [6.45, 7) is 1.73. The van der Waals surface area contributed by atoms with Crippen molar-refractivity contribution in [3.05, 3.63) is 59.1 Å². The molecule has 0 bridgehead atoms. The number of imide groups is 1. The third-order valence-electron chi connectivity index (χ3n) is 4.53. The molecule has 2 aromatic rings. The number of benzene rings is 2. The molecule has 2 aromatic carbocycles. The third kappa shape index (κ3) is 3.22. The van der Waals surface area contributed by atoms with Gasteiger partial charge in [-0.1, -0.05) is 35.0 Å². The van der Waals surface area contributed by atoms with Crippen LogP contribution < -0.4 is 10.2 Å². The zero-order chi connectivity index (χ0) is 19.8. The van der Waals surface area contributed by atoms with Crippen LogP contribution in [0.2, 0.25) is 5.02 Å². The molecule has 0 saturated carbocycles. The number of aryl methyl sites for hydroxylation is 1. The number of fused-ring (bicyclic) bond motifs is 1. The number of amides is 3. The second-order valence-electron chi connectivity index (χ2n) is 6.60. The van der Waals surface area contributed by atoms with Gasteiger partial charge < -0.3 is 5.32 Å². The van der Waals surface area contributed by atoms with E-state index in [1.165, 1.54) is 11.1 Å². The number of carbonyl (C=O) groups is 3. The van der Waals surface area contributed by atoms with Crippen LogP contribution in [0, 0.1) is 6.92 Å². The summed E-state index contributed by atoms with van der Waals surface area (Å²) in [7, 11) is 0. The molecule has 2 aliphatic heterocycles. The van der Waals surface area contributed by atoms with E-state index in [1.807, 2.05) is 25.1 Å². The molecule has 2 atom stereocenters. The number of halogens is 1. The molecule has 3 amide bonds. The van der Waals surface area contributed by atoms with E-state index in [9.17, 15) is 14.4 Å². The normalized spacial score (nSPS) is 20.6. The fourth-order valence-corrected chi connectivity index (χ4v) is 3.48. The number of nitrogens with zero attached hydrogens (tertiary/aromatic N) is 4. The molecule has 2 heterocycles. The number of hydrogen-bond acceptors (Lipinski definition) is 6. The molecule has 0 unspecified atom stereocenters. The molecule has 1 N–H and O–H groups in total. The fourth-order valence-electron chi connectivity index (χ4n) is 3.29. The van der Waals surface area contributed by atoms with Crippen molar-refractivity contribution in [3.63, 3.8) is 0 Å².